The van der Waals surface area contributed by atoms with Crippen LogP contribution in [0.4, 0.5) is 0 Å². The number of ether oxygens (including phenoxy) is 2. The molecule has 0 aliphatic heterocycles. The summed E-state index contributed by atoms with van der Waals surface area (Å²) in [7, 11) is 1.60. The highest BCUT2D eigenvalue weighted by Gasteiger charge is 2.82. The highest BCUT2D eigenvalue weighted by atomic mass is 16.5. The number of carbonyl (C=O) groups excluding carboxylic acids is 1. The van der Waals surface area contributed by atoms with Crippen molar-refractivity contribution in [3.8, 4) is 5.75 Å². The van der Waals surface area contributed by atoms with Crippen LogP contribution < -0.4 is 4.74 Å². The smallest absolute Gasteiger partial charge is 0.331 e. The molecule has 9 unspecified atom stereocenters. The highest BCUT2D eigenvalue weighted by molar-refractivity contribution is 5.87. The zero-order valence-electron chi connectivity index (χ0n) is 30.2. The van der Waals surface area contributed by atoms with Crippen LogP contribution in [0.15, 0.2) is 36.4 Å². The fourth-order valence-corrected chi connectivity index (χ4v) is 12.8. The number of hydrogen-bond acceptors (Lipinski definition) is 4. The van der Waals surface area contributed by atoms with Crippen molar-refractivity contribution in [3.05, 3.63) is 47.6 Å². The maximum absolute atomic E-state index is 13.1. The van der Waals surface area contributed by atoms with E-state index >= 15 is 0 Å². The van der Waals surface area contributed by atoms with Crippen LogP contribution >= 0.6 is 0 Å². The van der Waals surface area contributed by atoms with Gasteiger partial charge in [-0.2, -0.15) is 0 Å². The number of allylic oxidation sites excluding steroid dienone is 1. The summed E-state index contributed by atoms with van der Waals surface area (Å²) in [5, 5.41) is 9.67. The quantitative estimate of drug-likeness (QED) is 0.159. The molecule has 5 aliphatic rings. The third-order valence-corrected chi connectivity index (χ3v) is 15.7. The summed E-state index contributed by atoms with van der Waals surface area (Å²) in [4.78, 5) is 13.1. The fraction of sp³-hybridized carbons (Fsp3) is 0.738. The first-order valence-corrected chi connectivity index (χ1v) is 18.5. The summed E-state index contributed by atoms with van der Waals surface area (Å²) in [6.45, 7) is 21.6. The van der Waals surface area contributed by atoms with E-state index in [1.54, 1.807) is 19.3 Å². The van der Waals surface area contributed by atoms with Gasteiger partial charge in [-0.15, -0.1) is 0 Å². The van der Waals surface area contributed by atoms with Crippen molar-refractivity contribution in [2.45, 2.75) is 132 Å². The largest absolute Gasteiger partial charge is 0.496 e. The number of rotatable bonds is 10. The van der Waals surface area contributed by atoms with Gasteiger partial charge in [0.15, 0.2) is 0 Å². The van der Waals surface area contributed by atoms with E-state index in [1.807, 2.05) is 18.2 Å². The van der Waals surface area contributed by atoms with Crippen LogP contribution in [0.3, 0.4) is 0 Å². The normalized spacial score (nSPS) is 39.6. The average Bonchev–Trinajstić information content (AvgIpc) is 3.61. The van der Waals surface area contributed by atoms with Gasteiger partial charge in [-0.1, -0.05) is 66.7 Å². The van der Waals surface area contributed by atoms with Gasteiger partial charge < -0.3 is 14.6 Å². The van der Waals surface area contributed by atoms with Crippen molar-refractivity contribution in [2.75, 3.05) is 7.11 Å². The Morgan fingerprint density at radius 2 is 1.70 bits per heavy atom. The SMILES string of the molecule is C=C(CCC(C)C1CCC2(C)C3CCC4C(C)(C)C(OC(=O)/C=C/c5ccc(OC)c(CO)c5)CCC45CC35CCC12C)C(C)C. The molecule has 0 radical (unpaired) electrons. The molecule has 0 amide bonds. The molecule has 4 nitrogen and oxygen atoms in total. The van der Waals surface area contributed by atoms with Gasteiger partial charge in [0.2, 0.25) is 0 Å². The second-order valence-electron chi connectivity index (χ2n) is 17.8. The molecule has 46 heavy (non-hydrogen) atoms. The number of aliphatic hydroxyl groups is 1. The lowest BCUT2D eigenvalue weighted by Gasteiger charge is -2.63. The number of aliphatic hydroxyl groups excluding tert-OH is 1. The number of carbonyl (C=O) groups is 1. The summed E-state index contributed by atoms with van der Waals surface area (Å²) in [6, 6.07) is 5.58. The molecule has 1 aromatic carbocycles. The van der Waals surface area contributed by atoms with Gasteiger partial charge in [-0.25, -0.2) is 4.79 Å². The molecule has 1 N–H and O–H groups in total. The van der Waals surface area contributed by atoms with Crippen LogP contribution in [0.1, 0.15) is 130 Å². The predicted molar refractivity (Wildman–Crippen MR) is 187 cm³/mol. The Morgan fingerprint density at radius 3 is 2.39 bits per heavy atom. The number of methoxy groups -OCH3 is 1. The van der Waals surface area contributed by atoms with Crippen molar-refractivity contribution in [3.63, 3.8) is 0 Å². The Balaban J connectivity index is 1.14. The zero-order chi connectivity index (χ0) is 33.3. The molecular weight excluding hydrogens is 568 g/mol. The molecule has 4 heteroatoms. The number of esters is 1. The Kier molecular flexibility index (Phi) is 8.68. The molecule has 0 bridgehead atoms. The minimum absolute atomic E-state index is 0.0341. The first kappa shape index (κ1) is 33.8. The van der Waals surface area contributed by atoms with Gasteiger partial charge in [0, 0.05) is 17.1 Å². The molecule has 5 aliphatic carbocycles. The Hall–Kier alpha value is -2.07. The lowest BCUT2D eigenvalue weighted by molar-refractivity contribution is -0.179. The number of benzene rings is 1. The van der Waals surface area contributed by atoms with Gasteiger partial charge in [0.05, 0.1) is 13.7 Å². The van der Waals surface area contributed by atoms with Gasteiger partial charge in [-0.3, -0.25) is 0 Å². The average molecular weight is 631 g/mol. The van der Waals surface area contributed by atoms with Crippen molar-refractivity contribution in [1.29, 1.82) is 0 Å². The van der Waals surface area contributed by atoms with Crippen molar-refractivity contribution in [2.24, 2.45) is 56.7 Å². The van der Waals surface area contributed by atoms with E-state index in [4.69, 9.17) is 9.47 Å². The predicted octanol–water partition coefficient (Wildman–Crippen LogP) is 10.2. The Morgan fingerprint density at radius 1 is 0.978 bits per heavy atom. The minimum Gasteiger partial charge on any atom is -0.496 e. The molecule has 0 aromatic heterocycles. The molecular formula is C42H62O4. The molecule has 1 aromatic rings. The molecule has 254 valence electrons. The first-order chi connectivity index (χ1) is 21.7. The molecule has 9 atom stereocenters. The van der Waals surface area contributed by atoms with Gasteiger partial charge in [-0.05, 0) is 146 Å². The topological polar surface area (TPSA) is 55.8 Å². The second-order valence-corrected chi connectivity index (χ2v) is 17.8. The Labute approximate surface area is 279 Å². The summed E-state index contributed by atoms with van der Waals surface area (Å²) < 4.78 is 11.6. The minimum atomic E-state index is -0.265. The molecule has 0 saturated heterocycles. The van der Waals surface area contributed by atoms with E-state index in [-0.39, 0.29) is 24.1 Å². The molecule has 5 saturated carbocycles. The maximum Gasteiger partial charge on any atom is 0.331 e. The van der Waals surface area contributed by atoms with Crippen LogP contribution in [0.2, 0.25) is 0 Å². The summed E-state index contributed by atoms with van der Waals surface area (Å²) >= 11 is 0. The Bertz CT molecular complexity index is 1370. The van der Waals surface area contributed by atoms with E-state index in [2.05, 4.69) is 55.0 Å². The van der Waals surface area contributed by atoms with Crippen molar-refractivity contribution in [1.82, 2.24) is 0 Å². The zero-order valence-corrected chi connectivity index (χ0v) is 30.2. The highest BCUT2D eigenvalue weighted by Crippen LogP contribution is 2.89. The van der Waals surface area contributed by atoms with Crippen LogP contribution in [0.25, 0.3) is 6.08 Å². The van der Waals surface area contributed by atoms with Crippen LogP contribution in [-0.4, -0.2) is 24.3 Å². The standard InChI is InChI=1S/C42H62O4/c1-27(2)28(3)10-11-29(4)32-18-20-40(8)35-16-15-34-38(5,6)36(19-21-41(34)26-42(35,41)23-22-39(32,40)7)46-37(44)17-13-30-12-14-33(45-9)31(24-30)25-43/h12-14,17,24,27,29,32,34-36,43H,3,10-11,15-16,18-23,25-26H2,1-2,4-9H3/b17-13+. The first-order valence-electron chi connectivity index (χ1n) is 18.5. The van der Waals surface area contributed by atoms with Crippen LogP contribution in [0.5, 0.6) is 5.75 Å². The van der Waals surface area contributed by atoms with Gasteiger partial charge in [0.25, 0.3) is 0 Å². The lowest BCUT2D eigenvalue weighted by atomic mass is 9.41. The van der Waals surface area contributed by atoms with E-state index in [0.717, 1.165) is 29.7 Å². The van der Waals surface area contributed by atoms with E-state index in [0.29, 0.717) is 44.8 Å². The number of fused-ring (bicyclic) bond motifs is 2. The molecule has 0 heterocycles. The molecule has 5 fully saturated rings. The molecule has 6 rings (SSSR count). The molecule has 2 spiro atoms. The summed E-state index contributed by atoms with van der Waals surface area (Å²) in [6.07, 6.45) is 17.6. The van der Waals surface area contributed by atoms with E-state index in [9.17, 15) is 9.90 Å². The second kappa shape index (κ2) is 11.8. The monoisotopic (exact) mass is 630 g/mol. The van der Waals surface area contributed by atoms with Crippen molar-refractivity contribution >= 4 is 12.0 Å². The lowest BCUT2D eigenvalue weighted by Crippen LogP contribution is -2.58. The third-order valence-electron chi connectivity index (χ3n) is 15.7. The van der Waals surface area contributed by atoms with Gasteiger partial charge in [0.1, 0.15) is 11.9 Å². The van der Waals surface area contributed by atoms with Crippen LogP contribution in [-0.2, 0) is 16.1 Å². The maximum atomic E-state index is 13.1. The van der Waals surface area contributed by atoms with E-state index in [1.165, 1.54) is 69.8 Å². The van der Waals surface area contributed by atoms with Crippen molar-refractivity contribution < 1.29 is 19.4 Å². The number of hydrogen-bond donors (Lipinski definition) is 1. The van der Waals surface area contributed by atoms with Gasteiger partial charge >= 0.3 is 5.97 Å². The third kappa shape index (κ3) is 4.97. The summed E-state index contributed by atoms with van der Waals surface area (Å²) in [5.41, 5.74) is 4.75. The fourth-order valence-electron chi connectivity index (χ4n) is 12.8. The van der Waals surface area contributed by atoms with E-state index < -0.39 is 0 Å². The summed E-state index contributed by atoms with van der Waals surface area (Å²) in [5.74, 6) is 4.02. The van der Waals surface area contributed by atoms with Crippen LogP contribution in [0, 0.1) is 56.7 Å².